The minimum Gasteiger partial charge on any atom is -0.491 e. The van der Waals surface area contributed by atoms with E-state index in [2.05, 4.69) is 15.8 Å². The first kappa shape index (κ1) is 17.0. The second-order valence-corrected chi connectivity index (χ2v) is 5.69. The summed E-state index contributed by atoms with van der Waals surface area (Å²) in [5.74, 6) is 0.828. The lowest BCUT2D eigenvalue weighted by atomic mass is 10.2. The van der Waals surface area contributed by atoms with E-state index in [1.807, 2.05) is 68.4 Å². The Balaban J connectivity index is 1.80. The van der Waals surface area contributed by atoms with Gasteiger partial charge in [0, 0.05) is 6.54 Å². The van der Waals surface area contributed by atoms with Crippen LogP contribution in [0.25, 0.3) is 0 Å². The Kier molecular flexibility index (Phi) is 6.56. The second kappa shape index (κ2) is 8.90. The maximum Gasteiger partial charge on any atom is 0.187 e. The van der Waals surface area contributed by atoms with E-state index in [4.69, 9.17) is 17.0 Å². The smallest absolute Gasteiger partial charge is 0.187 e. The van der Waals surface area contributed by atoms with Crippen LogP contribution >= 0.6 is 12.2 Å². The molecule has 2 aromatic carbocycles. The Morgan fingerprint density at radius 1 is 1.17 bits per heavy atom. The molecule has 0 fully saturated rings. The van der Waals surface area contributed by atoms with Crippen molar-refractivity contribution in [2.75, 3.05) is 0 Å². The van der Waals surface area contributed by atoms with Gasteiger partial charge in [0.25, 0.3) is 0 Å². The van der Waals surface area contributed by atoms with E-state index in [1.54, 1.807) is 6.21 Å². The number of hydrazone groups is 1. The number of hydrogen-bond donors (Lipinski definition) is 2. The van der Waals surface area contributed by atoms with E-state index >= 15 is 0 Å². The molecule has 0 spiro atoms. The molecule has 0 aliphatic heterocycles. The molecule has 0 aliphatic rings. The first-order chi connectivity index (χ1) is 11.1. The Bertz CT molecular complexity index is 656. The molecule has 0 saturated carbocycles. The Morgan fingerprint density at radius 3 is 2.70 bits per heavy atom. The van der Waals surface area contributed by atoms with Crippen LogP contribution in [0.2, 0.25) is 0 Å². The molecule has 0 heterocycles. The molecule has 0 aromatic heterocycles. The third kappa shape index (κ3) is 6.48. The largest absolute Gasteiger partial charge is 0.491 e. The highest BCUT2D eigenvalue weighted by molar-refractivity contribution is 7.80. The molecule has 2 N–H and O–H groups in total. The minimum atomic E-state index is 0.148. The highest BCUT2D eigenvalue weighted by atomic mass is 32.1. The zero-order valence-electron chi connectivity index (χ0n) is 13.3. The van der Waals surface area contributed by atoms with E-state index in [1.165, 1.54) is 5.56 Å². The Morgan fingerprint density at radius 2 is 1.96 bits per heavy atom. The van der Waals surface area contributed by atoms with Gasteiger partial charge >= 0.3 is 0 Å². The van der Waals surface area contributed by atoms with Crippen LogP contribution in [0.3, 0.4) is 0 Å². The molecule has 120 valence electrons. The molecule has 0 radical (unpaired) electrons. The number of hydrogen-bond acceptors (Lipinski definition) is 3. The van der Waals surface area contributed by atoms with E-state index < -0.39 is 0 Å². The molecule has 2 rings (SSSR count). The third-order valence-corrected chi connectivity index (χ3v) is 3.14. The van der Waals surface area contributed by atoms with Crippen LogP contribution in [0.15, 0.2) is 59.7 Å². The normalized spacial score (nSPS) is 10.7. The summed E-state index contributed by atoms with van der Waals surface area (Å²) in [6.07, 6.45) is 1.86. The van der Waals surface area contributed by atoms with Gasteiger partial charge in [-0.25, -0.2) is 0 Å². The fourth-order valence-electron chi connectivity index (χ4n) is 1.92. The standard InChI is InChI=1S/C18H21N3OS/c1-14(2)22-17-10-6-9-16(11-17)13-20-21-18(23)19-12-15-7-4-3-5-8-15/h3-11,13-14H,12H2,1-2H3,(H2,19,21,23)/b20-13+. The minimum absolute atomic E-state index is 0.148. The summed E-state index contributed by atoms with van der Waals surface area (Å²) in [7, 11) is 0. The summed E-state index contributed by atoms with van der Waals surface area (Å²) in [5.41, 5.74) is 4.92. The van der Waals surface area contributed by atoms with Crippen molar-refractivity contribution >= 4 is 23.5 Å². The molecule has 0 aliphatic carbocycles. The van der Waals surface area contributed by atoms with E-state index in [0.717, 1.165) is 11.3 Å². The van der Waals surface area contributed by atoms with Gasteiger partial charge in [0.1, 0.15) is 5.75 Å². The molecule has 0 bridgehead atoms. The summed E-state index contributed by atoms with van der Waals surface area (Å²) in [6.45, 7) is 4.66. The van der Waals surface area contributed by atoms with Gasteiger partial charge in [0.2, 0.25) is 0 Å². The predicted octanol–water partition coefficient (Wildman–Crippen LogP) is 3.47. The number of benzene rings is 2. The highest BCUT2D eigenvalue weighted by Gasteiger charge is 1.98. The molecule has 2 aromatic rings. The quantitative estimate of drug-likeness (QED) is 0.484. The van der Waals surface area contributed by atoms with Crippen molar-refractivity contribution in [3.8, 4) is 5.75 Å². The molecule has 0 saturated heterocycles. The Labute approximate surface area is 142 Å². The van der Waals surface area contributed by atoms with Gasteiger partial charge in [0.05, 0.1) is 12.3 Å². The Hall–Kier alpha value is -2.40. The van der Waals surface area contributed by atoms with Crippen LogP contribution in [0.4, 0.5) is 0 Å². The van der Waals surface area contributed by atoms with Crippen molar-refractivity contribution in [1.82, 2.24) is 10.7 Å². The average molecular weight is 327 g/mol. The first-order valence-electron chi connectivity index (χ1n) is 7.51. The summed E-state index contributed by atoms with van der Waals surface area (Å²) in [6, 6.07) is 17.8. The lowest BCUT2D eigenvalue weighted by Gasteiger charge is -2.09. The highest BCUT2D eigenvalue weighted by Crippen LogP contribution is 2.13. The maximum atomic E-state index is 5.65. The van der Waals surface area contributed by atoms with Crippen molar-refractivity contribution in [3.63, 3.8) is 0 Å². The van der Waals surface area contributed by atoms with Crippen molar-refractivity contribution in [2.45, 2.75) is 26.5 Å². The van der Waals surface area contributed by atoms with Crippen LogP contribution in [-0.4, -0.2) is 17.4 Å². The zero-order valence-corrected chi connectivity index (χ0v) is 14.1. The topological polar surface area (TPSA) is 45.6 Å². The van der Waals surface area contributed by atoms with E-state index in [-0.39, 0.29) is 6.10 Å². The lowest BCUT2D eigenvalue weighted by molar-refractivity contribution is 0.242. The second-order valence-electron chi connectivity index (χ2n) is 5.28. The molecule has 0 unspecified atom stereocenters. The van der Waals surface area contributed by atoms with Gasteiger partial charge in [-0.1, -0.05) is 42.5 Å². The van der Waals surface area contributed by atoms with Crippen LogP contribution in [0.1, 0.15) is 25.0 Å². The SMILES string of the molecule is CC(C)Oc1cccc(/C=N/NC(=S)NCc2ccccc2)c1. The van der Waals surface area contributed by atoms with Crippen molar-refractivity contribution in [2.24, 2.45) is 5.10 Å². The summed E-state index contributed by atoms with van der Waals surface area (Å²) in [4.78, 5) is 0. The molecule has 0 atom stereocenters. The summed E-state index contributed by atoms with van der Waals surface area (Å²) >= 11 is 5.19. The molecule has 4 nitrogen and oxygen atoms in total. The van der Waals surface area contributed by atoms with Crippen LogP contribution in [0.5, 0.6) is 5.75 Å². The third-order valence-electron chi connectivity index (χ3n) is 2.91. The molecule has 23 heavy (non-hydrogen) atoms. The number of nitrogens with zero attached hydrogens (tertiary/aromatic N) is 1. The average Bonchev–Trinajstić information content (AvgIpc) is 2.54. The fourth-order valence-corrected chi connectivity index (χ4v) is 2.05. The summed E-state index contributed by atoms with van der Waals surface area (Å²) in [5, 5.41) is 7.73. The van der Waals surface area contributed by atoms with Gasteiger partial charge in [-0.15, -0.1) is 0 Å². The molecule has 5 heteroatoms. The van der Waals surface area contributed by atoms with Crippen LogP contribution in [-0.2, 0) is 6.54 Å². The molecular weight excluding hydrogens is 306 g/mol. The first-order valence-corrected chi connectivity index (χ1v) is 7.92. The zero-order chi connectivity index (χ0) is 16.5. The lowest BCUT2D eigenvalue weighted by Crippen LogP contribution is -2.31. The number of thiocarbonyl (C=S) groups is 1. The number of nitrogens with one attached hydrogen (secondary N) is 2. The van der Waals surface area contributed by atoms with Crippen molar-refractivity contribution in [1.29, 1.82) is 0 Å². The van der Waals surface area contributed by atoms with Gasteiger partial charge in [-0.05, 0) is 49.3 Å². The predicted molar refractivity (Wildman–Crippen MR) is 98.8 cm³/mol. The van der Waals surface area contributed by atoms with Gasteiger partial charge < -0.3 is 10.1 Å². The summed E-state index contributed by atoms with van der Waals surface area (Å²) < 4.78 is 5.65. The fraction of sp³-hybridized carbons (Fsp3) is 0.222. The van der Waals surface area contributed by atoms with Crippen LogP contribution in [0, 0.1) is 0 Å². The van der Waals surface area contributed by atoms with Crippen molar-refractivity contribution in [3.05, 3.63) is 65.7 Å². The van der Waals surface area contributed by atoms with Gasteiger partial charge in [-0.2, -0.15) is 5.10 Å². The van der Waals surface area contributed by atoms with Gasteiger partial charge in [0.15, 0.2) is 5.11 Å². The van der Waals surface area contributed by atoms with E-state index in [0.29, 0.717) is 11.7 Å². The number of ether oxygens (including phenoxy) is 1. The monoisotopic (exact) mass is 327 g/mol. The van der Waals surface area contributed by atoms with Gasteiger partial charge in [-0.3, -0.25) is 5.43 Å². The molecular formula is C18H21N3OS. The van der Waals surface area contributed by atoms with Crippen LogP contribution < -0.4 is 15.5 Å². The van der Waals surface area contributed by atoms with E-state index in [9.17, 15) is 0 Å². The maximum absolute atomic E-state index is 5.65. The number of rotatable bonds is 6. The van der Waals surface area contributed by atoms with Crippen molar-refractivity contribution < 1.29 is 4.74 Å². The molecule has 0 amide bonds.